The van der Waals surface area contributed by atoms with Crippen LogP contribution in [0.25, 0.3) is 0 Å². The molecule has 0 unspecified atom stereocenters. The van der Waals surface area contributed by atoms with E-state index >= 15 is 0 Å². The molecule has 1 aromatic carbocycles. The molecule has 1 fully saturated rings. The van der Waals surface area contributed by atoms with Gasteiger partial charge in [0.05, 0.1) is 12.0 Å². The van der Waals surface area contributed by atoms with Gasteiger partial charge in [0.25, 0.3) is 0 Å². The van der Waals surface area contributed by atoms with Gasteiger partial charge in [-0.1, -0.05) is 51.5 Å². The van der Waals surface area contributed by atoms with Gasteiger partial charge >= 0.3 is 0 Å². The van der Waals surface area contributed by atoms with Gasteiger partial charge < -0.3 is 5.11 Å². The number of benzene rings is 1. The van der Waals surface area contributed by atoms with Crippen molar-refractivity contribution in [3.8, 4) is 0 Å². The maximum Gasteiger partial charge on any atom is 0.171 e. The van der Waals surface area contributed by atoms with Crippen molar-refractivity contribution in [2.24, 2.45) is 5.41 Å². The van der Waals surface area contributed by atoms with E-state index in [-0.39, 0.29) is 17.8 Å². The summed E-state index contributed by atoms with van der Waals surface area (Å²) in [4.78, 5) is 12.4. The molecule has 2 heteroatoms. The van der Waals surface area contributed by atoms with E-state index in [0.29, 0.717) is 0 Å². The zero-order valence-electron chi connectivity index (χ0n) is 11.5. The minimum Gasteiger partial charge on any atom is -0.395 e. The molecule has 2 rings (SSSR count). The van der Waals surface area contributed by atoms with Crippen molar-refractivity contribution in [3.63, 3.8) is 0 Å². The van der Waals surface area contributed by atoms with Crippen LogP contribution in [0.1, 0.15) is 56.0 Å². The van der Waals surface area contributed by atoms with Gasteiger partial charge in [-0.3, -0.25) is 4.79 Å². The molecule has 0 atom stereocenters. The van der Waals surface area contributed by atoms with Gasteiger partial charge in [-0.2, -0.15) is 0 Å². The Hall–Kier alpha value is -1.15. The van der Waals surface area contributed by atoms with Crippen LogP contribution in [0.5, 0.6) is 0 Å². The van der Waals surface area contributed by atoms with Crippen molar-refractivity contribution in [2.45, 2.75) is 45.4 Å². The number of aliphatic hydroxyl groups is 1. The molecule has 0 aliphatic heterocycles. The molecule has 0 amide bonds. The highest BCUT2D eigenvalue weighted by Crippen LogP contribution is 2.43. The van der Waals surface area contributed by atoms with Gasteiger partial charge in [0.1, 0.15) is 0 Å². The lowest BCUT2D eigenvalue weighted by Gasteiger charge is -2.38. The normalized spacial score (nSPS) is 18.2. The van der Waals surface area contributed by atoms with Crippen LogP contribution in [-0.4, -0.2) is 17.5 Å². The smallest absolute Gasteiger partial charge is 0.171 e. The lowest BCUT2D eigenvalue weighted by molar-refractivity contribution is 0.0348. The summed E-state index contributed by atoms with van der Waals surface area (Å²) in [6, 6.07) is 7.85. The quantitative estimate of drug-likeness (QED) is 0.831. The lowest BCUT2D eigenvalue weighted by atomic mass is 9.65. The highest BCUT2D eigenvalue weighted by atomic mass is 16.3. The molecule has 0 bridgehead atoms. The SMILES string of the molecule is CC(C)(C)c1ccc(C(=O)C2(CO)CCC2)cc1. The van der Waals surface area contributed by atoms with Gasteiger partial charge in [0.2, 0.25) is 0 Å². The topological polar surface area (TPSA) is 37.3 Å². The van der Waals surface area contributed by atoms with Crippen LogP contribution in [0, 0.1) is 5.41 Å². The van der Waals surface area contributed by atoms with Crippen LogP contribution in [0.4, 0.5) is 0 Å². The third-order valence-corrected chi connectivity index (χ3v) is 4.11. The summed E-state index contributed by atoms with van der Waals surface area (Å²) in [5, 5.41) is 9.43. The first-order chi connectivity index (χ1) is 8.39. The van der Waals surface area contributed by atoms with Gasteiger partial charge in [-0.15, -0.1) is 0 Å². The Labute approximate surface area is 109 Å². The van der Waals surface area contributed by atoms with E-state index in [1.807, 2.05) is 24.3 Å². The van der Waals surface area contributed by atoms with Crippen LogP contribution < -0.4 is 0 Å². The zero-order valence-corrected chi connectivity index (χ0v) is 11.5. The summed E-state index contributed by atoms with van der Waals surface area (Å²) in [5.41, 5.74) is 1.58. The van der Waals surface area contributed by atoms with Crippen LogP contribution >= 0.6 is 0 Å². The van der Waals surface area contributed by atoms with Crippen molar-refractivity contribution in [1.29, 1.82) is 0 Å². The van der Waals surface area contributed by atoms with Crippen molar-refractivity contribution in [2.75, 3.05) is 6.61 Å². The average Bonchev–Trinajstić information content (AvgIpc) is 2.27. The minimum absolute atomic E-state index is 0.0210. The predicted octanol–water partition coefficient (Wildman–Crippen LogP) is 3.33. The molecule has 0 aromatic heterocycles. The van der Waals surface area contributed by atoms with Crippen LogP contribution in [-0.2, 0) is 5.41 Å². The molecule has 1 aromatic rings. The summed E-state index contributed by atoms with van der Waals surface area (Å²) >= 11 is 0. The van der Waals surface area contributed by atoms with Crippen LogP contribution in [0.15, 0.2) is 24.3 Å². The number of ketones is 1. The fourth-order valence-corrected chi connectivity index (χ4v) is 2.49. The average molecular weight is 246 g/mol. The monoisotopic (exact) mass is 246 g/mol. The molecule has 1 N–H and O–H groups in total. The number of carbonyl (C=O) groups is 1. The van der Waals surface area contributed by atoms with Crippen molar-refractivity contribution in [3.05, 3.63) is 35.4 Å². The molecule has 98 valence electrons. The lowest BCUT2D eigenvalue weighted by Crippen LogP contribution is -2.41. The second-order valence-electron chi connectivity index (χ2n) is 6.45. The Morgan fingerprint density at radius 2 is 1.78 bits per heavy atom. The highest BCUT2D eigenvalue weighted by Gasteiger charge is 2.43. The Morgan fingerprint density at radius 3 is 2.11 bits per heavy atom. The first-order valence-corrected chi connectivity index (χ1v) is 6.65. The second kappa shape index (κ2) is 4.51. The van der Waals surface area contributed by atoms with E-state index in [4.69, 9.17) is 0 Å². The fourth-order valence-electron chi connectivity index (χ4n) is 2.49. The zero-order chi connectivity index (χ0) is 13.4. The maximum absolute atomic E-state index is 12.4. The molecular weight excluding hydrogens is 224 g/mol. The third-order valence-electron chi connectivity index (χ3n) is 4.11. The molecular formula is C16H22O2. The summed E-state index contributed by atoms with van der Waals surface area (Å²) in [7, 11) is 0. The van der Waals surface area contributed by atoms with E-state index in [9.17, 15) is 9.90 Å². The molecule has 1 aliphatic carbocycles. The van der Waals surface area contributed by atoms with Crippen LogP contribution in [0.3, 0.4) is 0 Å². The molecule has 0 radical (unpaired) electrons. The third kappa shape index (κ3) is 2.22. The first kappa shape index (κ1) is 13.3. The summed E-state index contributed by atoms with van der Waals surface area (Å²) in [6.45, 7) is 6.45. The number of Topliss-reactive ketones (excluding diaryl/α,β-unsaturated/α-hetero) is 1. The number of hydrogen-bond acceptors (Lipinski definition) is 2. The summed E-state index contributed by atoms with van der Waals surface area (Å²) in [5.74, 6) is 0.108. The minimum atomic E-state index is -0.483. The largest absolute Gasteiger partial charge is 0.395 e. The standard InChI is InChI=1S/C16H22O2/c1-15(2,3)13-7-5-12(6-8-13)14(18)16(11-17)9-4-10-16/h5-8,17H,4,9-11H2,1-3H3. The predicted molar refractivity (Wildman–Crippen MR) is 72.8 cm³/mol. The molecule has 1 aliphatic rings. The van der Waals surface area contributed by atoms with E-state index in [2.05, 4.69) is 20.8 Å². The molecule has 18 heavy (non-hydrogen) atoms. The highest BCUT2D eigenvalue weighted by molar-refractivity contribution is 6.01. The second-order valence-corrected chi connectivity index (χ2v) is 6.45. The maximum atomic E-state index is 12.4. The Balaban J connectivity index is 2.22. The first-order valence-electron chi connectivity index (χ1n) is 6.65. The van der Waals surface area contributed by atoms with Gasteiger partial charge in [0, 0.05) is 5.56 Å². The molecule has 1 saturated carbocycles. The van der Waals surface area contributed by atoms with E-state index in [0.717, 1.165) is 24.8 Å². The fraction of sp³-hybridized carbons (Fsp3) is 0.562. The molecule has 0 heterocycles. The molecule has 0 saturated heterocycles. The van der Waals surface area contributed by atoms with E-state index in [1.165, 1.54) is 5.56 Å². The molecule has 2 nitrogen and oxygen atoms in total. The van der Waals surface area contributed by atoms with E-state index < -0.39 is 5.41 Å². The molecule has 0 spiro atoms. The van der Waals surface area contributed by atoms with Crippen molar-refractivity contribution >= 4 is 5.78 Å². The number of carbonyl (C=O) groups excluding carboxylic acids is 1. The van der Waals surface area contributed by atoms with Gasteiger partial charge in [-0.05, 0) is 23.8 Å². The number of aliphatic hydroxyl groups excluding tert-OH is 1. The van der Waals surface area contributed by atoms with Crippen molar-refractivity contribution in [1.82, 2.24) is 0 Å². The number of hydrogen-bond donors (Lipinski definition) is 1. The van der Waals surface area contributed by atoms with Gasteiger partial charge in [0.15, 0.2) is 5.78 Å². The van der Waals surface area contributed by atoms with Gasteiger partial charge in [-0.25, -0.2) is 0 Å². The van der Waals surface area contributed by atoms with Crippen LogP contribution in [0.2, 0.25) is 0 Å². The Bertz CT molecular complexity index is 428. The van der Waals surface area contributed by atoms with E-state index in [1.54, 1.807) is 0 Å². The van der Waals surface area contributed by atoms with Crippen molar-refractivity contribution < 1.29 is 9.90 Å². The Morgan fingerprint density at radius 1 is 1.22 bits per heavy atom. The summed E-state index contributed by atoms with van der Waals surface area (Å²) in [6.07, 6.45) is 2.69. The Kier molecular flexibility index (Phi) is 3.33. The number of rotatable bonds is 3. The summed E-state index contributed by atoms with van der Waals surface area (Å²) < 4.78 is 0.